The number of carbonyl (C=O) groups is 1. The van der Waals surface area contributed by atoms with Gasteiger partial charge in [0.1, 0.15) is 5.75 Å². The van der Waals surface area contributed by atoms with Gasteiger partial charge in [0.2, 0.25) is 5.91 Å². The fraction of sp³-hybridized carbons (Fsp3) is 0.235. The quantitative estimate of drug-likeness (QED) is 0.896. The van der Waals surface area contributed by atoms with Crippen molar-refractivity contribution in [2.24, 2.45) is 0 Å². The van der Waals surface area contributed by atoms with E-state index in [1.165, 1.54) is 12.5 Å². The van der Waals surface area contributed by atoms with Crippen molar-refractivity contribution in [2.75, 3.05) is 6.54 Å². The van der Waals surface area contributed by atoms with Gasteiger partial charge in [0.15, 0.2) is 0 Å². The Morgan fingerprint density at radius 1 is 1.20 bits per heavy atom. The lowest BCUT2D eigenvalue weighted by Gasteiger charge is -2.11. The van der Waals surface area contributed by atoms with E-state index in [1.807, 2.05) is 31.2 Å². The molecule has 3 nitrogen and oxygen atoms in total. The van der Waals surface area contributed by atoms with E-state index in [2.05, 4.69) is 11.4 Å². The van der Waals surface area contributed by atoms with Gasteiger partial charge in [0, 0.05) is 13.5 Å². The average Bonchev–Trinajstić information content (AvgIpc) is 2.40. The highest BCUT2D eigenvalue weighted by Gasteiger charge is 2.07. The summed E-state index contributed by atoms with van der Waals surface area (Å²) in [4.78, 5) is 10.9. The molecule has 0 atom stereocenters. The van der Waals surface area contributed by atoms with Gasteiger partial charge in [-0.15, -0.1) is 0 Å². The molecule has 0 heterocycles. The van der Waals surface area contributed by atoms with E-state index in [0.29, 0.717) is 6.54 Å². The Morgan fingerprint density at radius 3 is 2.70 bits per heavy atom. The van der Waals surface area contributed by atoms with E-state index < -0.39 is 0 Å². The Hall–Kier alpha value is -2.29. The molecule has 0 fully saturated rings. The van der Waals surface area contributed by atoms with Crippen LogP contribution in [0.3, 0.4) is 0 Å². The molecule has 0 bridgehead atoms. The van der Waals surface area contributed by atoms with Crippen LogP contribution in [-0.4, -0.2) is 17.6 Å². The minimum Gasteiger partial charge on any atom is -0.508 e. The maximum Gasteiger partial charge on any atom is 0.216 e. The molecule has 0 unspecified atom stereocenters. The zero-order chi connectivity index (χ0) is 14.5. The SMILES string of the molecule is CC(=O)NCCc1ccc(O)cc1-c1cccc(C)c1. The normalized spacial score (nSPS) is 10.3. The molecule has 20 heavy (non-hydrogen) atoms. The number of carbonyl (C=O) groups excluding carboxylic acids is 1. The summed E-state index contributed by atoms with van der Waals surface area (Å²) >= 11 is 0. The molecule has 2 rings (SSSR count). The first-order chi connectivity index (χ1) is 9.56. The molecule has 1 amide bonds. The molecule has 0 aromatic heterocycles. The van der Waals surface area contributed by atoms with Crippen molar-refractivity contribution in [3.8, 4) is 16.9 Å². The van der Waals surface area contributed by atoms with E-state index in [4.69, 9.17) is 0 Å². The van der Waals surface area contributed by atoms with E-state index in [0.717, 1.165) is 23.1 Å². The van der Waals surface area contributed by atoms with Gasteiger partial charge in [-0.2, -0.15) is 0 Å². The van der Waals surface area contributed by atoms with Crippen LogP contribution in [0.1, 0.15) is 18.1 Å². The molecule has 0 aliphatic rings. The minimum absolute atomic E-state index is 0.0270. The highest BCUT2D eigenvalue weighted by Crippen LogP contribution is 2.28. The fourth-order valence-electron chi connectivity index (χ4n) is 2.24. The van der Waals surface area contributed by atoms with Gasteiger partial charge in [-0.25, -0.2) is 0 Å². The van der Waals surface area contributed by atoms with Crippen molar-refractivity contribution in [3.05, 3.63) is 53.6 Å². The number of phenols is 1. The Kier molecular flexibility index (Phi) is 4.41. The van der Waals surface area contributed by atoms with Gasteiger partial charge < -0.3 is 10.4 Å². The van der Waals surface area contributed by atoms with Crippen molar-refractivity contribution in [3.63, 3.8) is 0 Å². The maximum absolute atomic E-state index is 10.9. The van der Waals surface area contributed by atoms with E-state index in [9.17, 15) is 9.90 Å². The molecule has 0 spiro atoms. The van der Waals surface area contributed by atoms with Gasteiger partial charge in [0.05, 0.1) is 0 Å². The summed E-state index contributed by atoms with van der Waals surface area (Å²) in [5, 5.41) is 12.5. The number of nitrogens with one attached hydrogen (secondary N) is 1. The highest BCUT2D eigenvalue weighted by molar-refractivity contribution is 5.73. The first kappa shape index (κ1) is 14.1. The van der Waals surface area contributed by atoms with Crippen molar-refractivity contribution < 1.29 is 9.90 Å². The van der Waals surface area contributed by atoms with Gasteiger partial charge in [-0.1, -0.05) is 35.9 Å². The Balaban J connectivity index is 2.30. The van der Waals surface area contributed by atoms with Crippen molar-refractivity contribution in [2.45, 2.75) is 20.3 Å². The number of benzene rings is 2. The van der Waals surface area contributed by atoms with E-state index >= 15 is 0 Å². The molecular weight excluding hydrogens is 250 g/mol. The maximum atomic E-state index is 10.9. The second kappa shape index (κ2) is 6.24. The zero-order valence-corrected chi connectivity index (χ0v) is 11.8. The molecule has 104 valence electrons. The summed E-state index contributed by atoms with van der Waals surface area (Å²) in [5.74, 6) is 0.227. The van der Waals surface area contributed by atoms with Crippen LogP contribution in [0.2, 0.25) is 0 Å². The van der Waals surface area contributed by atoms with Crippen LogP contribution in [0.5, 0.6) is 5.75 Å². The Bertz CT molecular complexity index is 620. The number of aromatic hydroxyl groups is 1. The third-order valence-electron chi connectivity index (χ3n) is 3.19. The lowest BCUT2D eigenvalue weighted by atomic mass is 9.96. The first-order valence-electron chi connectivity index (χ1n) is 6.69. The number of phenolic OH excluding ortho intramolecular Hbond substituents is 1. The monoisotopic (exact) mass is 269 g/mol. The average molecular weight is 269 g/mol. The molecular formula is C17H19NO2. The number of aryl methyl sites for hydroxylation is 1. The van der Waals surface area contributed by atoms with Crippen LogP contribution < -0.4 is 5.32 Å². The first-order valence-corrected chi connectivity index (χ1v) is 6.69. The number of hydrogen-bond donors (Lipinski definition) is 2. The summed E-state index contributed by atoms with van der Waals surface area (Å²) in [6.07, 6.45) is 0.739. The van der Waals surface area contributed by atoms with Crippen molar-refractivity contribution in [1.82, 2.24) is 5.32 Å². The third kappa shape index (κ3) is 3.60. The molecule has 0 aliphatic carbocycles. The molecule has 0 aliphatic heterocycles. The lowest BCUT2D eigenvalue weighted by molar-refractivity contribution is -0.118. The number of amides is 1. The van der Waals surface area contributed by atoms with Crippen molar-refractivity contribution in [1.29, 1.82) is 0 Å². The zero-order valence-electron chi connectivity index (χ0n) is 11.8. The summed E-state index contributed by atoms with van der Waals surface area (Å²) in [6, 6.07) is 13.5. The fourth-order valence-corrected chi connectivity index (χ4v) is 2.24. The smallest absolute Gasteiger partial charge is 0.216 e. The van der Waals surface area contributed by atoms with E-state index in [1.54, 1.807) is 12.1 Å². The topological polar surface area (TPSA) is 49.3 Å². The van der Waals surface area contributed by atoms with E-state index in [-0.39, 0.29) is 11.7 Å². The molecule has 2 aromatic carbocycles. The van der Waals surface area contributed by atoms with Gasteiger partial charge in [-0.3, -0.25) is 4.79 Å². The summed E-state index contributed by atoms with van der Waals surface area (Å²) in [6.45, 7) is 4.15. The second-order valence-corrected chi connectivity index (χ2v) is 4.94. The van der Waals surface area contributed by atoms with Gasteiger partial charge in [0.25, 0.3) is 0 Å². The predicted molar refractivity (Wildman–Crippen MR) is 80.7 cm³/mol. The number of hydrogen-bond acceptors (Lipinski definition) is 2. The standard InChI is InChI=1S/C17H19NO2/c1-12-4-3-5-15(10-12)17-11-16(20)7-6-14(17)8-9-18-13(2)19/h3-7,10-11,20H,8-9H2,1-2H3,(H,18,19). The second-order valence-electron chi connectivity index (χ2n) is 4.94. The van der Waals surface area contributed by atoms with Crippen LogP contribution >= 0.6 is 0 Å². The largest absolute Gasteiger partial charge is 0.508 e. The van der Waals surface area contributed by atoms with Crippen LogP contribution in [0.4, 0.5) is 0 Å². The molecule has 3 heteroatoms. The Labute approximate surface area is 119 Å². The molecule has 2 aromatic rings. The molecule has 0 radical (unpaired) electrons. The predicted octanol–water partition coefficient (Wildman–Crippen LogP) is 3.05. The summed E-state index contributed by atoms with van der Waals surface area (Å²) in [5.41, 5.74) is 4.39. The molecule has 0 saturated heterocycles. The molecule has 0 saturated carbocycles. The van der Waals surface area contributed by atoms with Gasteiger partial charge in [-0.05, 0) is 42.2 Å². The van der Waals surface area contributed by atoms with Crippen LogP contribution in [-0.2, 0) is 11.2 Å². The molecule has 2 N–H and O–H groups in total. The van der Waals surface area contributed by atoms with Gasteiger partial charge >= 0.3 is 0 Å². The number of rotatable bonds is 4. The van der Waals surface area contributed by atoms with Crippen LogP contribution in [0, 0.1) is 6.92 Å². The third-order valence-corrected chi connectivity index (χ3v) is 3.19. The Morgan fingerprint density at radius 2 is 2.00 bits per heavy atom. The summed E-state index contributed by atoms with van der Waals surface area (Å²) < 4.78 is 0. The highest BCUT2D eigenvalue weighted by atomic mass is 16.3. The minimum atomic E-state index is -0.0270. The summed E-state index contributed by atoms with van der Waals surface area (Å²) in [7, 11) is 0. The van der Waals surface area contributed by atoms with Crippen LogP contribution in [0.15, 0.2) is 42.5 Å². The van der Waals surface area contributed by atoms with Crippen LogP contribution in [0.25, 0.3) is 11.1 Å². The van der Waals surface area contributed by atoms with Crippen molar-refractivity contribution >= 4 is 5.91 Å². The lowest BCUT2D eigenvalue weighted by Crippen LogP contribution is -2.22.